The molecule has 6 nitrogen and oxygen atoms in total. The molecule has 0 radical (unpaired) electrons. The fraction of sp³-hybridized carbons (Fsp3) is 0.462. The highest BCUT2D eigenvalue weighted by Crippen LogP contribution is 2.50. The van der Waals surface area contributed by atoms with E-state index in [2.05, 4.69) is 9.88 Å². The number of nitrogens with zero attached hydrogens (tertiary/aromatic N) is 4. The number of piperazine rings is 1. The molecule has 0 N–H and O–H groups in total. The van der Waals surface area contributed by atoms with Crippen LogP contribution in [0.2, 0.25) is 0 Å². The van der Waals surface area contributed by atoms with Gasteiger partial charge in [-0.25, -0.2) is 13.6 Å². The monoisotopic (exact) mass is 554 g/mol. The number of alkyl halides is 3. The normalized spacial score (nSPS) is 20.4. The number of methoxy groups -OCH3 is 1. The van der Waals surface area contributed by atoms with Crippen LogP contribution in [0.4, 0.5) is 27.8 Å². The van der Waals surface area contributed by atoms with E-state index in [9.17, 15) is 22.4 Å². The van der Waals surface area contributed by atoms with Crippen molar-refractivity contribution in [1.82, 2.24) is 14.5 Å². The van der Waals surface area contributed by atoms with E-state index in [0.29, 0.717) is 25.7 Å². The molecule has 0 unspecified atom stereocenters. The largest absolute Gasteiger partial charge is 0.417 e. The van der Waals surface area contributed by atoms with E-state index in [1.54, 1.807) is 0 Å². The van der Waals surface area contributed by atoms with Crippen LogP contribution >= 0.6 is 11.8 Å². The van der Waals surface area contributed by atoms with Crippen LogP contribution in [-0.4, -0.2) is 65.6 Å². The fourth-order valence-corrected chi connectivity index (χ4v) is 6.83. The number of halogens is 5. The van der Waals surface area contributed by atoms with Gasteiger partial charge in [0.15, 0.2) is 0 Å². The Morgan fingerprint density at radius 3 is 2.55 bits per heavy atom. The third-order valence-corrected chi connectivity index (χ3v) is 8.41. The van der Waals surface area contributed by atoms with Crippen molar-refractivity contribution >= 4 is 28.5 Å². The molecule has 1 saturated heterocycles. The van der Waals surface area contributed by atoms with Crippen molar-refractivity contribution in [3.8, 4) is 11.1 Å². The van der Waals surface area contributed by atoms with Crippen molar-refractivity contribution in [1.29, 1.82) is 0 Å². The highest BCUT2D eigenvalue weighted by Gasteiger charge is 2.40. The number of hydrogen-bond acceptors (Lipinski definition) is 6. The second-order valence-electron chi connectivity index (χ2n) is 9.61. The average Bonchev–Trinajstić information content (AvgIpc) is 2.85. The van der Waals surface area contributed by atoms with Crippen molar-refractivity contribution in [3.05, 3.63) is 51.9 Å². The molecule has 2 aliphatic rings. The maximum atomic E-state index is 15.0. The summed E-state index contributed by atoms with van der Waals surface area (Å²) in [6, 6.07) is 3.36. The van der Waals surface area contributed by atoms with Gasteiger partial charge < -0.3 is 9.64 Å². The number of benzene rings is 2. The Morgan fingerprint density at radius 2 is 1.92 bits per heavy atom. The van der Waals surface area contributed by atoms with Crippen molar-refractivity contribution < 1.29 is 26.7 Å². The quantitative estimate of drug-likeness (QED) is 0.414. The van der Waals surface area contributed by atoms with Gasteiger partial charge in [0.05, 0.1) is 22.9 Å². The minimum atomic E-state index is -4.86. The molecule has 2 atom stereocenters. The van der Waals surface area contributed by atoms with Crippen molar-refractivity contribution in [2.75, 3.05) is 44.8 Å². The number of hydrogen-bond donors (Lipinski definition) is 0. The molecule has 204 valence electrons. The van der Waals surface area contributed by atoms with Gasteiger partial charge in [-0.15, -0.1) is 11.8 Å². The summed E-state index contributed by atoms with van der Waals surface area (Å²) in [5.41, 5.74) is -2.19. The van der Waals surface area contributed by atoms with Gasteiger partial charge in [-0.2, -0.15) is 18.2 Å². The van der Waals surface area contributed by atoms with Crippen molar-refractivity contribution in [3.63, 3.8) is 0 Å². The number of likely N-dealkylation sites (N-methyl/N-ethyl adjacent to an activating group) is 1. The van der Waals surface area contributed by atoms with Gasteiger partial charge in [0.1, 0.15) is 17.5 Å². The number of ether oxygens (including phenoxy) is 1. The van der Waals surface area contributed by atoms with E-state index in [0.717, 1.165) is 36.5 Å². The zero-order chi connectivity index (χ0) is 27.4. The van der Waals surface area contributed by atoms with Crippen molar-refractivity contribution in [2.45, 2.75) is 42.8 Å². The van der Waals surface area contributed by atoms with Gasteiger partial charge in [-0.05, 0) is 31.7 Å². The third-order valence-electron chi connectivity index (χ3n) is 7.16. The summed E-state index contributed by atoms with van der Waals surface area (Å²) in [6.45, 7) is 6.98. The number of rotatable bonds is 5. The first kappa shape index (κ1) is 26.9. The Kier molecular flexibility index (Phi) is 7.16. The number of anilines is 1. The molecule has 0 bridgehead atoms. The zero-order valence-electron chi connectivity index (χ0n) is 21.1. The van der Waals surface area contributed by atoms with E-state index in [4.69, 9.17) is 4.74 Å². The maximum Gasteiger partial charge on any atom is 0.417 e. The number of aromatic nitrogens is 2. The maximum absolute atomic E-state index is 15.0. The third kappa shape index (κ3) is 4.66. The lowest BCUT2D eigenvalue weighted by Crippen LogP contribution is -2.52. The molecule has 0 spiro atoms. The van der Waals surface area contributed by atoms with E-state index in [1.165, 1.54) is 11.7 Å². The van der Waals surface area contributed by atoms with Crippen LogP contribution in [0, 0.1) is 11.6 Å². The molecule has 2 aliphatic heterocycles. The molecule has 5 rings (SSSR count). The topological polar surface area (TPSA) is 50.6 Å². The fourth-order valence-electron chi connectivity index (χ4n) is 5.39. The van der Waals surface area contributed by atoms with Gasteiger partial charge in [-0.3, -0.25) is 9.47 Å². The minimum Gasteiger partial charge on any atom is -0.383 e. The van der Waals surface area contributed by atoms with Crippen LogP contribution in [-0.2, 0) is 17.5 Å². The van der Waals surface area contributed by atoms with Gasteiger partial charge in [0.2, 0.25) is 0 Å². The Morgan fingerprint density at radius 1 is 1.16 bits per heavy atom. The first-order valence-corrected chi connectivity index (χ1v) is 13.2. The Hall–Kier alpha value is -2.70. The lowest BCUT2D eigenvalue weighted by Gasteiger charge is -2.41. The molecule has 0 amide bonds. The summed E-state index contributed by atoms with van der Waals surface area (Å²) in [6.07, 6.45) is -4.86. The summed E-state index contributed by atoms with van der Waals surface area (Å²) in [7, 11) is 1.46. The Balaban J connectivity index is 1.86. The standard InChI is InChI=1S/C26H27F5N4O2S/c1-4-33-7-8-34(14(2)11-33)24-18-10-19(26(29,30)31)21(17-6-5-15(27)9-20(17)28)23-22(18)35(25(36)32-24)12-16(38-23)13-37-3/h5-6,9-10,14,16H,4,7-8,11-13H2,1-3H3/t14-,16-/m0/s1. The molecule has 3 aromatic rings. The predicted molar refractivity (Wildman–Crippen MR) is 137 cm³/mol. The van der Waals surface area contributed by atoms with Crippen LogP contribution in [0.15, 0.2) is 34.0 Å². The summed E-state index contributed by atoms with van der Waals surface area (Å²) < 4.78 is 79.3. The zero-order valence-corrected chi connectivity index (χ0v) is 21.9. The Labute approximate surface area is 220 Å². The Bertz CT molecular complexity index is 1440. The highest BCUT2D eigenvalue weighted by atomic mass is 32.2. The first-order chi connectivity index (χ1) is 18.0. The van der Waals surface area contributed by atoms with Crippen LogP contribution in [0.25, 0.3) is 22.0 Å². The van der Waals surface area contributed by atoms with E-state index < -0.39 is 39.9 Å². The average molecular weight is 555 g/mol. The second kappa shape index (κ2) is 10.1. The van der Waals surface area contributed by atoms with Crippen LogP contribution in [0.1, 0.15) is 19.4 Å². The molecule has 3 heterocycles. The van der Waals surface area contributed by atoms with E-state index in [1.807, 2.05) is 18.7 Å². The summed E-state index contributed by atoms with van der Waals surface area (Å²) in [5.74, 6) is -1.83. The van der Waals surface area contributed by atoms with Crippen LogP contribution < -0.4 is 10.6 Å². The first-order valence-electron chi connectivity index (χ1n) is 12.3. The van der Waals surface area contributed by atoms with Crippen LogP contribution in [0.5, 0.6) is 0 Å². The summed E-state index contributed by atoms with van der Waals surface area (Å²) >= 11 is 1.11. The molecule has 12 heteroatoms. The van der Waals surface area contributed by atoms with Crippen molar-refractivity contribution in [2.24, 2.45) is 0 Å². The second-order valence-corrected chi connectivity index (χ2v) is 10.9. The smallest absolute Gasteiger partial charge is 0.383 e. The minimum absolute atomic E-state index is 0.0986. The lowest BCUT2D eigenvalue weighted by atomic mass is 9.95. The summed E-state index contributed by atoms with van der Waals surface area (Å²) in [5, 5.41) is -0.239. The molecule has 2 aromatic carbocycles. The van der Waals surface area contributed by atoms with Gasteiger partial charge in [0, 0.05) is 66.8 Å². The van der Waals surface area contributed by atoms with Gasteiger partial charge in [0.25, 0.3) is 0 Å². The molecule has 1 fully saturated rings. The molecule has 0 saturated carbocycles. The lowest BCUT2D eigenvalue weighted by molar-refractivity contribution is -0.137. The molecule has 1 aromatic heterocycles. The van der Waals surface area contributed by atoms with E-state index >= 15 is 4.39 Å². The number of thioether (sulfide) groups is 1. The highest BCUT2D eigenvalue weighted by molar-refractivity contribution is 8.00. The summed E-state index contributed by atoms with van der Waals surface area (Å²) in [4.78, 5) is 21.9. The van der Waals surface area contributed by atoms with Crippen LogP contribution in [0.3, 0.4) is 0 Å². The van der Waals surface area contributed by atoms with E-state index in [-0.39, 0.29) is 46.4 Å². The molecule has 38 heavy (non-hydrogen) atoms. The van der Waals surface area contributed by atoms with Gasteiger partial charge >= 0.3 is 11.9 Å². The SMILES string of the molecule is CCN1CCN(c2nc(=O)n3c4c(c(-c5ccc(F)cc5F)c(C(F)(F)F)cc24)S[C@H](COC)C3)[C@@H](C)C1. The predicted octanol–water partition coefficient (Wildman–Crippen LogP) is 5.01. The molecular weight excluding hydrogens is 527 g/mol. The molecular formula is C26H27F5N4O2S. The van der Waals surface area contributed by atoms with Gasteiger partial charge in [-0.1, -0.05) is 6.92 Å². The molecule has 0 aliphatic carbocycles.